The van der Waals surface area contributed by atoms with Gasteiger partial charge < -0.3 is 15.5 Å². The molecule has 20 heavy (non-hydrogen) atoms. The van der Waals surface area contributed by atoms with E-state index in [1.165, 1.54) is 6.20 Å². The van der Waals surface area contributed by atoms with Crippen LogP contribution in [0.3, 0.4) is 0 Å². The lowest BCUT2D eigenvalue weighted by molar-refractivity contribution is -0.124. The summed E-state index contributed by atoms with van der Waals surface area (Å²) in [6.07, 6.45) is 1.41. The Hall–Kier alpha value is -2.64. The van der Waals surface area contributed by atoms with Gasteiger partial charge in [-0.15, -0.1) is 0 Å². The van der Waals surface area contributed by atoms with Crippen molar-refractivity contribution in [2.75, 3.05) is 24.3 Å². The maximum atomic E-state index is 11.8. The Labute approximate surface area is 115 Å². The molecule has 8 heteroatoms. The second kappa shape index (κ2) is 5.55. The van der Waals surface area contributed by atoms with Gasteiger partial charge in [-0.2, -0.15) is 0 Å². The first kappa shape index (κ1) is 13.8. The van der Waals surface area contributed by atoms with Crippen LogP contribution < -0.4 is 20.9 Å². The summed E-state index contributed by atoms with van der Waals surface area (Å²) in [5.41, 5.74) is 0.533. The molecule has 0 unspecified atom stereocenters. The number of hydrogen-bond donors (Lipinski definition) is 3. The van der Waals surface area contributed by atoms with Crippen molar-refractivity contribution in [1.29, 1.82) is 0 Å². The molecule has 106 valence electrons. The zero-order valence-electron chi connectivity index (χ0n) is 11.1. The van der Waals surface area contributed by atoms with Crippen molar-refractivity contribution in [3.8, 4) is 0 Å². The molecule has 1 aromatic heterocycles. The van der Waals surface area contributed by atoms with Gasteiger partial charge in [-0.05, 0) is 12.1 Å². The molecule has 0 radical (unpaired) electrons. The van der Waals surface area contributed by atoms with Crippen LogP contribution >= 0.6 is 0 Å². The van der Waals surface area contributed by atoms with Crippen LogP contribution in [0.15, 0.2) is 18.3 Å². The molecular weight excluding hydrogens is 262 g/mol. The number of carbonyl (C=O) groups is 3. The Balaban J connectivity index is 1.91. The molecule has 3 N–H and O–H groups in total. The van der Waals surface area contributed by atoms with Crippen molar-refractivity contribution in [3.63, 3.8) is 0 Å². The van der Waals surface area contributed by atoms with Gasteiger partial charge >= 0.3 is 6.03 Å². The Morgan fingerprint density at radius 2 is 2.15 bits per heavy atom. The molecule has 1 aromatic rings. The minimum atomic E-state index is -0.823. The van der Waals surface area contributed by atoms with E-state index >= 15 is 0 Å². The van der Waals surface area contributed by atoms with Gasteiger partial charge in [0.2, 0.25) is 5.91 Å². The van der Waals surface area contributed by atoms with E-state index in [2.05, 4.69) is 20.9 Å². The van der Waals surface area contributed by atoms with Crippen molar-refractivity contribution in [2.45, 2.75) is 12.5 Å². The van der Waals surface area contributed by atoms with Crippen molar-refractivity contribution in [1.82, 2.24) is 15.6 Å². The smallest absolute Gasteiger partial charge is 0.322 e. The zero-order valence-corrected chi connectivity index (χ0v) is 11.1. The topological polar surface area (TPSA) is 103 Å². The Bertz CT molecular complexity index is 541. The van der Waals surface area contributed by atoms with Crippen LogP contribution in [0.4, 0.5) is 16.3 Å². The number of anilines is 2. The first-order valence-electron chi connectivity index (χ1n) is 6.00. The highest BCUT2D eigenvalue weighted by Crippen LogP contribution is 2.12. The zero-order chi connectivity index (χ0) is 14.7. The lowest BCUT2D eigenvalue weighted by Gasteiger charge is -2.12. The average molecular weight is 277 g/mol. The van der Waals surface area contributed by atoms with E-state index in [1.807, 2.05) is 19.0 Å². The van der Waals surface area contributed by atoms with Crippen molar-refractivity contribution in [2.24, 2.45) is 0 Å². The molecule has 1 atom stereocenters. The molecule has 0 aliphatic carbocycles. The van der Waals surface area contributed by atoms with Crippen LogP contribution in [0.2, 0.25) is 0 Å². The number of amides is 4. The molecule has 1 aliphatic rings. The van der Waals surface area contributed by atoms with Gasteiger partial charge in [-0.25, -0.2) is 9.78 Å². The van der Waals surface area contributed by atoms with E-state index in [4.69, 9.17) is 0 Å². The molecule has 4 amide bonds. The summed E-state index contributed by atoms with van der Waals surface area (Å²) < 4.78 is 0. The van der Waals surface area contributed by atoms with E-state index in [0.29, 0.717) is 5.69 Å². The van der Waals surface area contributed by atoms with Crippen LogP contribution in [0.5, 0.6) is 0 Å². The molecule has 0 bridgehead atoms. The summed E-state index contributed by atoms with van der Waals surface area (Å²) in [5, 5.41) is 7.05. The van der Waals surface area contributed by atoms with Crippen molar-refractivity contribution >= 4 is 29.4 Å². The van der Waals surface area contributed by atoms with Gasteiger partial charge in [0.05, 0.1) is 18.3 Å². The van der Waals surface area contributed by atoms with Gasteiger partial charge in [0.1, 0.15) is 11.9 Å². The predicted molar refractivity (Wildman–Crippen MR) is 72.3 cm³/mol. The van der Waals surface area contributed by atoms with Crippen LogP contribution in [-0.2, 0) is 9.59 Å². The highest BCUT2D eigenvalue weighted by Gasteiger charge is 2.31. The Kier molecular flexibility index (Phi) is 3.83. The fraction of sp³-hybridized carbons (Fsp3) is 0.333. The predicted octanol–water partition coefficient (Wildman–Crippen LogP) is -0.316. The fourth-order valence-corrected chi connectivity index (χ4v) is 1.72. The lowest BCUT2D eigenvalue weighted by atomic mass is 10.2. The second-order valence-electron chi connectivity index (χ2n) is 4.57. The van der Waals surface area contributed by atoms with Gasteiger partial charge in [0.15, 0.2) is 0 Å². The summed E-state index contributed by atoms with van der Waals surface area (Å²) in [6.45, 7) is 0. The molecule has 0 spiro atoms. The van der Waals surface area contributed by atoms with E-state index in [9.17, 15) is 14.4 Å². The third-order valence-corrected chi connectivity index (χ3v) is 2.74. The van der Waals surface area contributed by atoms with Crippen molar-refractivity contribution < 1.29 is 14.4 Å². The summed E-state index contributed by atoms with van der Waals surface area (Å²) in [5.74, 6) is -0.0941. The van der Waals surface area contributed by atoms with Crippen LogP contribution in [0.25, 0.3) is 0 Å². The third-order valence-electron chi connectivity index (χ3n) is 2.74. The standard InChI is InChI=1S/C12H15N5O3/c1-17(2)9-4-3-7(6-13-9)14-10(18)5-8-11(19)16-12(20)15-8/h3-4,6,8H,5H2,1-2H3,(H,14,18)(H2,15,16,19,20)/t8-/m0/s1. The Morgan fingerprint density at radius 3 is 2.65 bits per heavy atom. The first-order valence-corrected chi connectivity index (χ1v) is 6.00. The highest BCUT2D eigenvalue weighted by atomic mass is 16.2. The Morgan fingerprint density at radius 1 is 1.40 bits per heavy atom. The molecule has 1 aliphatic heterocycles. The minimum Gasteiger partial charge on any atom is -0.363 e. The molecular formula is C12H15N5O3. The average Bonchev–Trinajstić information content (AvgIpc) is 2.68. The fourth-order valence-electron chi connectivity index (χ4n) is 1.72. The molecule has 0 aromatic carbocycles. The summed E-state index contributed by atoms with van der Waals surface area (Å²) in [6, 6.07) is 2.08. The van der Waals surface area contributed by atoms with Crippen LogP contribution in [0.1, 0.15) is 6.42 Å². The van der Waals surface area contributed by atoms with Gasteiger partial charge in [-0.3, -0.25) is 14.9 Å². The summed E-state index contributed by atoms with van der Waals surface area (Å²) >= 11 is 0. The summed E-state index contributed by atoms with van der Waals surface area (Å²) in [4.78, 5) is 40.0. The third kappa shape index (κ3) is 3.22. The maximum absolute atomic E-state index is 11.8. The SMILES string of the molecule is CN(C)c1ccc(NC(=O)C[C@@H]2NC(=O)NC2=O)cn1. The molecule has 1 fully saturated rings. The van der Waals surface area contributed by atoms with Gasteiger partial charge in [-0.1, -0.05) is 0 Å². The lowest BCUT2D eigenvalue weighted by Crippen LogP contribution is -2.33. The number of aromatic nitrogens is 1. The van der Waals surface area contributed by atoms with E-state index in [0.717, 1.165) is 5.82 Å². The minimum absolute atomic E-state index is 0.118. The quantitative estimate of drug-likeness (QED) is 0.655. The number of nitrogens with zero attached hydrogens (tertiary/aromatic N) is 2. The van der Waals surface area contributed by atoms with E-state index < -0.39 is 18.0 Å². The molecule has 2 heterocycles. The monoisotopic (exact) mass is 277 g/mol. The molecule has 8 nitrogen and oxygen atoms in total. The highest BCUT2D eigenvalue weighted by molar-refractivity contribution is 6.06. The van der Waals surface area contributed by atoms with Gasteiger partial charge in [0, 0.05) is 14.1 Å². The molecule has 1 saturated heterocycles. The molecule has 0 saturated carbocycles. The summed E-state index contributed by atoms with van der Waals surface area (Å²) in [7, 11) is 3.73. The number of pyridine rings is 1. The number of rotatable bonds is 4. The number of hydrogen-bond acceptors (Lipinski definition) is 5. The van der Waals surface area contributed by atoms with Crippen LogP contribution in [0, 0.1) is 0 Å². The number of urea groups is 1. The van der Waals surface area contributed by atoms with Crippen molar-refractivity contribution in [3.05, 3.63) is 18.3 Å². The number of nitrogens with one attached hydrogen (secondary N) is 3. The second-order valence-corrected chi connectivity index (χ2v) is 4.57. The first-order chi connectivity index (χ1) is 9.45. The molecule has 2 rings (SSSR count). The van der Waals surface area contributed by atoms with Gasteiger partial charge in [0.25, 0.3) is 5.91 Å². The normalized spacial score (nSPS) is 17.4. The number of imide groups is 1. The largest absolute Gasteiger partial charge is 0.363 e. The van der Waals surface area contributed by atoms with Crippen LogP contribution in [-0.4, -0.2) is 43.0 Å². The maximum Gasteiger partial charge on any atom is 0.322 e. The number of carbonyl (C=O) groups excluding carboxylic acids is 3. The van der Waals surface area contributed by atoms with E-state index in [-0.39, 0.29) is 12.3 Å². The van der Waals surface area contributed by atoms with E-state index in [1.54, 1.807) is 12.1 Å².